The van der Waals surface area contributed by atoms with E-state index in [2.05, 4.69) is 9.71 Å². The fourth-order valence-corrected chi connectivity index (χ4v) is 4.66. The van der Waals surface area contributed by atoms with Crippen LogP contribution >= 0.6 is 0 Å². The number of guanidine groups is 1. The molecule has 0 fully saturated rings. The van der Waals surface area contributed by atoms with Crippen LogP contribution in [0.1, 0.15) is 26.7 Å². The van der Waals surface area contributed by atoms with Gasteiger partial charge in [0, 0.05) is 37.1 Å². The molecular formula is C22H33N5O4S. The van der Waals surface area contributed by atoms with Crippen molar-refractivity contribution >= 4 is 38.4 Å². The van der Waals surface area contributed by atoms with Gasteiger partial charge >= 0.3 is 5.97 Å². The SMILES string of the molecule is CC(C)COC(=O)[C@H](CCCN=C(N)N)NS(=O)(=O)c1cccc2c(N(C)C)cccc12. The second-order valence-corrected chi connectivity index (χ2v) is 9.85. The summed E-state index contributed by atoms with van der Waals surface area (Å²) in [4.78, 5) is 18.6. The quantitative estimate of drug-likeness (QED) is 0.200. The molecule has 0 heterocycles. The van der Waals surface area contributed by atoms with Gasteiger partial charge in [-0.25, -0.2) is 8.42 Å². The maximum Gasteiger partial charge on any atom is 0.324 e. The van der Waals surface area contributed by atoms with Crippen LogP contribution in [0.4, 0.5) is 5.69 Å². The summed E-state index contributed by atoms with van der Waals surface area (Å²) >= 11 is 0. The number of hydrogen-bond acceptors (Lipinski definition) is 6. The van der Waals surface area contributed by atoms with Crippen molar-refractivity contribution in [3.63, 3.8) is 0 Å². The number of ether oxygens (including phenoxy) is 1. The highest BCUT2D eigenvalue weighted by molar-refractivity contribution is 7.89. The van der Waals surface area contributed by atoms with Gasteiger partial charge in [0.05, 0.1) is 11.5 Å². The van der Waals surface area contributed by atoms with E-state index in [1.54, 1.807) is 18.2 Å². The van der Waals surface area contributed by atoms with Crippen molar-refractivity contribution in [1.29, 1.82) is 0 Å². The van der Waals surface area contributed by atoms with Crippen molar-refractivity contribution in [3.8, 4) is 0 Å². The fourth-order valence-electron chi connectivity index (χ4n) is 3.22. The molecule has 0 saturated heterocycles. The number of hydrogen-bond donors (Lipinski definition) is 3. The maximum atomic E-state index is 13.3. The Morgan fingerprint density at radius 1 is 1.12 bits per heavy atom. The average molecular weight is 464 g/mol. The molecule has 9 nitrogen and oxygen atoms in total. The molecule has 2 rings (SSSR count). The van der Waals surface area contributed by atoms with E-state index in [0.717, 1.165) is 11.1 Å². The summed E-state index contributed by atoms with van der Waals surface area (Å²) in [6, 6.07) is 9.51. The first-order valence-electron chi connectivity index (χ1n) is 10.5. The first kappa shape index (κ1) is 25.4. The van der Waals surface area contributed by atoms with Crippen LogP contribution in [0.2, 0.25) is 0 Å². The summed E-state index contributed by atoms with van der Waals surface area (Å²) in [6.45, 7) is 4.29. The molecule has 0 aromatic heterocycles. The molecule has 1 atom stereocenters. The Morgan fingerprint density at radius 3 is 2.41 bits per heavy atom. The number of esters is 1. The molecule has 0 aliphatic heterocycles. The number of nitrogens with one attached hydrogen (secondary N) is 1. The normalized spacial score (nSPS) is 12.5. The second-order valence-electron chi connectivity index (χ2n) is 8.17. The predicted octanol–water partition coefficient (Wildman–Crippen LogP) is 1.81. The van der Waals surface area contributed by atoms with E-state index in [4.69, 9.17) is 16.2 Å². The van der Waals surface area contributed by atoms with Gasteiger partial charge in [-0.15, -0.1) is 0 Å². The van der Waals surface area contributed by atoms with Gasteiger partial charge in [0.15, 0.2) is 5.96 Å². The second kappa shape index (κ2) is 11.1. The van der Waals surface area contributed by atoms with Gasteiger partial charge in [-0.05, 0) is 30.9 Å². The monoisotopic (exact) mass is 463 g/mol. The molecule has 2 aromatic carbocycles. The van der Waals surface area contributed by atoms with Crippen LogP contribution in [0, 0.1) is 5.92 Å². The van der Waals surface area contributed by atoms with Crippen LogP contribution in [0.3, 0.4) is 0 Å². The summed E-state index contributed by atoms with van der Waals surface area (Å²) in [5, 5.41) is 1.37. The molecular weight excluding hydrogens is 430 g/mol. The van der Waals surface area contributed by atoms with E-state index in [9.17, 15) is 13.2 Å². The average Bonchev–Trinajstić information content (AvgIpc) is 2.72. The summed E-state index contributed by atoms with van der Waals surface area (Å²) in [6.07, 6.45) is 0.600. The first-order valence-corrected chi connectivity index (χ1v) is 11.9. The van der Waals surface area contributed by atoms with Crippen LogP contribution in [0.15, 0.2) is 46.3 Å². The van der Waals surface area contributed by atoms with Crippen molar-refractivity contribution in [2.45, 2.75) is 37.6 Å². The summed E-state index contributed by atoms with van der Waals surface area (Å²) in [5.74, 6) is -0.557. The van der Waals surface area contributed by atoms with Crippen LogP contribution in [-0.4, -0.2) is 53.6 Å². The fraction of sp³-hybridized carbons (Fsp3) is 0.455. The third kappa shape index (κ3) is 6.83. The zero-order valence-electron chi connectivity index (χ0n) is 19.0. The minimum absolute atomic E-state index is 0.0584. The molecule has 0 radical (unpaired) electrons. The first-order chi connectivity index (χ1) is 15.0. The van der Waals surface area contributed by atoms with Gasteiger partial charge in [-0.2, -0.15) is 4.72 Å². The topological polar surface area (TPSA) is 140 Å². The van der Waals surface area contributed by atoms with Crippen molar-refractivity contribution in [3.05, 3.63) is 36.4 Å². The van der Waals surface area contributed by atoms with E-state index in [1.807, 2.05) is 45.0 Å². The molecule has 0 aliphatic rings. The van der Waals surface area contributed by atoms with Crippen LogP contribution in [-0.2, 0) is 19.6 Å². The molecule has 5 N–H and O–H groups in total. The molecule has 0 unspecified atom stereocenters. The summed E-state index contributed by atoms with van der Waals surface area (Å²) in [5.41, 5.74) is 11.6. The third-order valence-electron chi connectivity index (χ3n) is 4.72. The zero-order chi connectivity index (χ0) is 23.9. The van der Waals surface area contributed by atoms with E-state index in [1.165, 1.54) is 6.07 Å². The van der Waals surface area contributed by atoms with E-state index in [0.29, 0.717) is 11.8 Å². The summed E-state index contributed by atoms with van der Waals surface area (Å²) in [7, 11) is -0.231. The van der Waals surface area contributed by atoms with Gasteiger partial charge in [0.25, 0.3) is 0 Å². The van der Waals surface area contributed by atoms with E-state index in [-0.39, 0.29) is 36.3 Å². The Labute approximate surface area is 189 Å². The molecule has 176 valence electrons. The van der Waals surface area contributed by atoms with Crippen molar-refractivity contribution < 1.29 is 17.9 Å². The number of nitrogens with zero attached hydrogens (tertiary/aromatic N) is 2. The van der Waals surface area contributed by atoms with Crippen LogP contribution in [0.5, 0.6) is 0 Å². The lowest BCUT2D eigenvalue weighted by molar-refractivity contribution is -0.146. The highest BCUT2D eigenvalue weighted by Crippen LogP contribution is 2.30. The molecule has 10 heteroatoms. The number of benzene rings is 2. The highest BCUT2D eigenvalue weighted by Gasteiger charge is 2.28. The number of aliphatic imine (C=N–C) groups is 1. The van der Waals surface area contributed by atoms with Gasteiger partial charge in [0.1, 0.15) is 6.04 Å². The number of carbonyl (C=O) groups excluding carboxylic acids is 1. The van der Waals surface area contributed by atoms with Crippen molar-refractivity contribution in [2.24, 2.45) is 22.4 Å². The lowest BCUT2D eigenvalue weighted by Gasteiger charge is -2.20. The minimum Gasteiger partial charge on any atom is -0.464 e. The number of rotatable bonds is 11. The number of anilines is 1. The molecule has 0 saturated carbocycles. The zero-order valence-corrected chi connectivity index (χ0v) is 19.9. The number of nitrogens with two attached hydrogens (primary N) is 2. The number of fused-ring (bicyclic) bond motifs is 1. The summed E-state index contributed by atoms with van der Waals surface area (Å²) < 4.78 is 34.5. The van der Waals surface area contributed by atoms with E-state index >= 15 is 0 Å². The Balaban J connectivity index is 2.35. The number of sulfonamides is 1. The standard InChI is InChI=1S/C22H33N5O4S/c1-15(2)14-31-21(28)18(10-7-13-25-22(23)24)26-32(29,30)20-12-6-8-16-17(20)9-5-11-19(16)27(3)4/h5-6,8-9,11-12,15,18,26H,7,10,13-14H2,1-4H3,(H4,23,24,25)/t18-/m0/s1. The number of carbonyl (C=O) groups is 1. The minimum atomic E-state index is -4.02. The Morgan fingerprint density at radius 2 is 1.78 bits per heavy atom. The third-order valence-corrected chi connectivity index (χ3v) is 6.25. The molecule has 2 aromatic rings. The smallest absolute Gasteiger partial charge is 0.324 e. The van der Waals surface area contributed by atoms with Crippen LogP contribution in [0.25, 0.3) is 10.8 Å². The van der Waals surface area contributed by atoms with Gasteiger partial charge in [-0.1, -0.05) is 38.1 Å². The van der Waals surface area contributed by atoms with Gasteiger partial charge < -0.3 is 21.1 Å². The van der Waals surface area contributed by atoms with Crippen LogP contribution < -0.4 is 21.1 Å². The molecule has 0 aliphatic carbocycles. The Bertz CT molecular complexity index is 1060. The van der Waals surface area contributed by atoms with Crippen molar-refractivity contribution in [1.82, 2.24) is 4.72 Å². The lowest BCUT2D eigenvalue weighted by atomic mass is 10.1. The lowest BCUT2D eigenvalue weighted by Crippen LogP contribution is -2.42. The molecule has 0 bridgehead atoms. The Hall–Kier alpha value is -2.85. The molecule has 32 heavy (non-hydrogen) atoms. The van der Waals surface area contributed by atoms with Crippen molar-refractivity contribution in [2.75, 3.05) is 32.1 Å². The van der Waals surface area contributed by atoms with E-state index < -0.39 is 22.0 Å². The molecule has 0 spiro atoms. The molecule has 0 amide bonds. The highest BCUT2D eigenvalue weighted by atomic mass is 32.2. The maximum absolute atomic E-state index is 13.3. The van der Waals surface area contributed by atoms with Gasteiger partial charge in [0.2, 0.25) is 10.0 Å². The van der Waals surface area contributed by atoms with Gasteiger partial charge in [-0.3, -0.25) is 9.79 Å². The largest absolute Gasteiger partial charge is 0.464 e. The Kier molecular flexibility index (Phi) is 8.85. The predicted molar refractivity (Wildman–Crippen MR) is 128 cm³/mol.